The second-order valence-corrected chi connectivity index (χ2v) is 6.10. The summed E-state index contributed by atoms with van der Waals surface area (Å²) in [6.45, 7) is 0.451. The Hall–Kier alpha value is -2.14. The molecular weight excluding hydrogens is 312 g/mol. The van der Waals surface area contributed by atoms with Crippen molar-refractivity contribution in [2.75, 3.05) is 0 Å². The molecule has 0 unspecified atom stereocenters. The van der Waals surface area contributed by atoms with E-state index in [0.29, 0.717) is 30.9 Å². The molecule has 2 atom stereocenters. The van der Waals surface area contributed by atoms with E-state index >= 15 is 0 Å². The molecule has 5 heteroatoms. The third-order valence-electron chi connectivity index (χ3n) is 4.19. The van der Waals surface area contributed by atoms with Crippen molar-refractivity contribution in [2.45, 2.75) is 43.9 Å². The zero-order valence-corrected chi connectivity index (χ0v) is 13.3. The standard InChI is InChI=1S/C19H21F2NO2/c20-19(21)12-4-7-17(22)18(19)24-16-10-8-15(9-11-16)23-13-14-5-2-1-3-6-14/h1-3,5-6,8-11,17-18H,4,7,12-13,22H2/t17-,18-/m0/s1. The van der Waals surface area contributed by atoms with E-state index in [-0.39, 0.29) is 6.42 Å². The number of alkyl halides is 2. The number of benzene rings is 2. The lowest BCUT2D eigenvalue weighted by molar-refractivity contribution is -0.126. The predicted molar refractivity (Wildman–Crippen MR) is 88.4 cm³/mol. The maximum atomic E-state index is 14.0. The van der Waals surface area contributed by atoms with E-state index in [9.17, 15) is 8.78 Å². The number of hydrogen-bond acceptors (Lipinski definition) is 3. The molecule has 1 aliphatic carbocycles. The average Bonchev–Trinajstić information content (AvgIpc) is 2.58. The molecule has 0 amide bonds. The van der Waals surface area contributed by atoms with Gasteiger partial charge in [-0.25, -0.2) is 8.78 Å². The van der Waals surface area contributed by atoms with Crippen molar-refractivity contribution in [2.24, 2.45) is 5.73 Å². The summed E-state index contributed by atoms with van der Waals surface area (Å²) in [6.07, 6.45) is -0.468. The molecule has 2 N–H and O–H groups in total. The molecule has 0 bridgehead atoms. The van der Waals surface area contributed by atoms with E-state index in [4.69, 9.17) is 15.2 Å². The fourth-order valence-electron chi connectivity index (χ4n) is 2.86. The van der Waals surface area contributed by atoms with Crippen LogP contribution in [0.3, 0.4) is 0 Å². The van der Waals surface area contributed by atoms with Gasteiger partial charge in [-0.3, -0.25) is 0 Å². The van der Waals surface area contributed by atoms with Crippen molar-refractivity contribution in [1.29, 1.82) is 0 Å². The maximum Gasteiger partial charge on any atom is 0.285 e. The van der Waals surface area contributed by atoms with Gasteiger partial charge in [-0.05, 0) is 42.7 Å². The number of nitrogens with two attached hydrogens (primary N) is 1. The number of rotatable bonds is 5. The summed E-state index contributed by atoms with van der Waals surface area (Å²) in [6, 6.07) is 15.8. The normalized spacial score (nSPS) is 22.8. The highest BCUT2D eigenvalue weighted by molar-refractivity contribution is 5.32. The van der Waals surface area contributed by atoms with Gasteiger partial charge in [0.05, 0.1) is 0 Å². The van der Waals surface area contributed by atoms with E-state index in [0.717, 1.165) is 5.56 Å². The first-order chi connectivity index (χ1) is 11.5. The highest BCUT2D eigenvalue weighted by Crippen LogP contribution is 2.36. The van der Waals surface area contributed by atoms with Crippen molar-refractivity contribution in [3.8, 4) is 11.5 Å². The topological polar surface area (TPSA) is 44.5 Å². The molecule has 0 radical (unpaired) electrons. The first kappa shape index (κ1) is 16.7. The lowest BCUT2D eigenvalue weighted by Crippen LogP contribution is -2.53. The van der Waals surface area contributed by atoms with Crippen LogP contribution < -0.4 is 15.2 Å². The van der Waals surface area contributed by atoms with Gasteiger partial charge >= 0.3 is 0 Å². The van der Waals surface area contributed by atoms with Gasteiger partial charge in [0.1, 0.15) is 18.1 Å². The zero-order valence-electron chi connectivity index (χ0n) is 13.3. The summed E-state index contributed by atoms with van der Waals surface area (Å²) in [7, 11) is 0. The molecule has 0 spiro atoms. The summed E-state index contributed by atoms with van der Waals surface area (Å²) in [5.74, 6) is -1.85. The van der Waals surface area contributed by atoms with E-state index in [2.05, 4.69) is 0 Å². The largest absolute Gasteiger partial charge is 0.489 e. The minimum atomic E-state index is -2.89. The molecule has 2 aromatic rings. The van der Waals surface area contributed by atoms with Crippen LogP contribution in [0.5, 0.6) is 11.5 Å². The Morgan fingerprint density at radius 1 is 1.00 bits per heavy atom. The molecule has 24 heavy (non-hydrogen) atoms. The summed E-state index contributed by atoms with van der Waals surface area (Å²) in [4.78, 5) is 0. The zero-order chi connectivity index (χ0) is 17.0. The third kappa shape index (κ3) is 4.03. The van der Waals surface area contributed by atoms with E-state index < -0.39 is 18.1 Å². The van der Waals surface area contributed by atoms with E-state index in [1.54, 1.807) is 24.3 Å². The Morgan fingerprint density at radius 2 is 1.67 bits per heavy atom. The van der Waals surface area contributed by atoms with Crippen LogP contribution in [0, 0.1) is 0 Å². The van der Waals surface area contributed by atoms with Gasteiger partial charge in [-0.15, -0.1) is 0 Å². The van der Waals surface area contributed by atoms with Gasteiger partial charge in [-0.1, -0.05) is 30.3 Å². The van der Waals surface area contributed by atoms with Crippen molar-refractivity contribution in [3.63, 3.8) is 0 Å². The highest BCUT2D eigenvalue weighted by Gasteiger charge is 2.47. The lowest BCUT2D eigenvalue weighted by Gasteiger charge is -2.35. The third-order valence-corrected chi connectivity index (χ3v) is 4.19. The molecule has 0 saturated heterocycles. The van der Waals surface area contributed by atoms with Crippen LogP contribution in [0.2, 0.25) is 0 Å². The molecule has 128 valence electrons. The van der Waals surface area contributed by atoms with Gasteiger partial charge in [0, 0.05) is 12.5 Å². The quantitative estimate of drug-likeness (QED) is 0.893. The van der Waals surface area contributed by atoms with Gasteiger partial charge in [0.25, 0.3) is 5.92 Å². The Balaban J connectivity index is 1.60. The summed E-state index contributed by atoms with van der Waals surface area (Å²) < 4.78 is 39.1. The van der Waals surface area contributed by atoms with Gasteiger partial charge in [-0.2, -0.15) is 0 Å². The average molecular weight is 333 g/mol. The molecule has 1 saturated carbocycles. The Morgan fingerprint density at radius 3 is 2.33 bits per heavy atom. The van der Waals surface area contributed by atoms with Gasteiger partial charge in [0.2, 0.25) is 0 Å². The fourth-order valence-corrected chi connectivity index (χ4v) is 2.86. The first-order valence-electron chi connectivity index (χ1n) is 8.11. The van der Waals surface area contributed by atoms with Gasteiger partial charge in [0.15, 0.2) is 6.10 Å². The van der Waals surface area contributed by atoms with Crippen LogP contribution >= 0.6 is 0 Å². The number of halogens is 2. The first-order valence-corrected chi connectivity index (χ1v) is 8.11. The molecule has 0 aromatic heterocycles. The summed E-state index contributed by atoms with van der Waals surface area (Å²) in [5, 5.41) is 0. The van der Waals surface area contributed by atoms with Crippen molar-refractivity contribution in [1.82, 2.24) is 0 Å². The second-order valence-electron chi connectivity index (χ2n) is 6.10. The van der Waals surface area contributed by atoms with Crippen LogP contribution in [0.4, 0.5) is 8.78 Å². The minimum absolute atomic E-state index is 0.177. The van der Waals surface area contributed by atoms with Crippen LogP contribution in [0.25, 0.3) is 0 Å². The Labute approximate surface area is 140 Å². The lowest BCUT2D eigenvalue weighted by atomic mass is 9.89. The molecule has 1 fully saturated rings. The molecule has 0 heterocycles. The fraction of sp³-hybridized carbons (Fsp3) is 0.368. The smallest absolute Gasteiger partial charge is 0.285 e. The summed E-state index contributed by atoms with van der Waals surface area (Å²) in [5.41, 5.74) is 6.88. The number of ether oxygens (including phenoxy) is 2. The van der Waals surface area contributed by atoms with Crippen LogP contribution in [0.15, 0.2) is 54.6 Å². The molecule has 3 nitrogen and oxygen atoms in total. The predicted octanol–water partition coefficient (Wildman–Crippen LogP) is 4.16. The number of hydrogen-bond donors (Lipinski definition) is 1. The monoisotopic (exact) mass is 333 g/mol. The van der Waals surface area contributed by atoms with E-state index in [1.165, 1.54) is 0 Å². The molecule has 3 rings (SSSR count). The van der Waals surface area contributed by atoms with Crippen molar-refractivity contribution in [3.05, 3.63) is 60.2 Å². The van der Waals surface area contributed by atoms with Crippen LogP contribution in [-0.4, -0.2) is 18.1 Å². The van der Waals surface area contributed by atoms with E-state index in [1.807, 2.05) is 30.3 Å². The van der Waals surface area contributed by atoms with Crippen molar-refractivity contribution >= 4 is 0 Å². The molecule has 1 aliphatic rings. The summed E-state index contributed by atoms with van der Waals surface area (Å²) >= 11 is 0. The minimum Gasteiger partial charge on any atom is -0.489 e. The van der Waals surface area contributed by atoms with Gasteiger partial charge < -0.3 is 15.2 Å². The molecular formula is C19H21F2NO2. The Kier molecular flexibility index (Phi) is 5.00. The molecule has 2 aromatic carbocycles. The SMILES string of the molecule is N[C@H]1CCCC(F)(F)[C@H]1Oc1ccc(OCc2ccccc2)cc1. The molecule has 0 aliphatic heterocycles. The van der Waals surface area contributed by atoms with Crippen LogP contribution in [0.1, 0.15) is 24.8 Å². The van der Waals surface area contributed by atoms with Crippen LogP contribution in [-0.2, 0) is 6.61 Å². The maximum absolute atomic E-state index is 14.0. The second kappa shape index (κ2) is 7.18. The van der Waals surface area contributed by atoms with Crippen molar-refractivity contribution < 1.29 is 18.3 Å². The highest BCUT2D eigenvalue weighted by atomic mass is 19.3. The Bertz CT molecular complexity index is 646.